The predicted octanol–water partition coefficient (Wildman–Crippen LogP) is 1.57. The Labute approximate surface area is 87.1 Å². The molecule has 1 saturated heterocycles. The van der Waals surface area contributed by atoms with Crippen LogP contribution in [0.4, 0.5) is 0 Å². The zero-order chi connectivity index (χ0) is 11.0. The predicted molar refractivity (Wildman–Crippen MR) is 51.0 cm³/mol. The van der Waals surface area contributed by atoms with Gasteiger partial charge in [0.25, 0.3) is 0 Å². The maximum atomic E-state index is 10.8. The van der Waals surface area contributed by atoms with E-state index in [4.69, 9.17) is 14.3 Å². The maximum absolute atomic E-state index is 10.8. The number of hydrogen-bond donors (Lipinski definition) is 1. The number of oxazole rings is 1. The summed E-state index contributed by atoms with van der Waals surface area (Å²) in [6, 6.07) is 0. The third-order valence-electron chi connectivity index (χ3n) is 2.70. The SMILES string of the molecule is Cc1nc(C2CCOC2C)oc1C(=O)O. The molecular formula is C10H13NO4. The summed E-state index contributed by atoms with van der Waals surface area (Å²) in [6.45, 7) is 4.25. The minimum Gasteiger partial charge on any atom is -0.475 e. The van der Waals surface area contributed by atoms with Crippen LogP contribution in [-0.2, 0) is 4.74 Å². The molecule has 1 aliphatic heterocycles. The van der Waals surface area contributed by atoms with Gasteiger partial charge in [0, 0.05) is 6.61 Å². The van der Waals surface area contributed by atoms with Gasteiger partial charge in [-0.2, -0.15) is 0 Å². The number of nitrogens with zero attached hydrogens (tertiary/aromatic N) is 1. The molecule has 0 radical (unpaired) electrons. The van der Waals surface area contributed by atoms with E-state index in [1.807, 2.05) is 6.92 Å². The molecule has 0 saturated carbocycles. The lowest BCUT2D eigenvalue weighted by Gasteiger charge is -2.08. The van der Waals surface area contributed by atoms with Crippen LogP contribution < -0.4 is 0 Å². The van der Waals surface area contributed by atoms with E-state index in [0.717, 1.165) is 6.42 Å². The van der Waals surface area contributed by atoms with Crippen LogP contribution >= 0.6 is 0 Å². The Morgan fingerprint density at radius 2 is 2.33 bits per heavy atom. The Morgan fingerprint density at radius 3 is 2.80 bits per heavy atom. The van der Waals surface area contributed by atoms with Gasteiger partial charge in [-0.15, -0.1) is 0 Å². The van der Waals surface area contributed by atoms with E-state index in [2.05, 4.69) is 4.98 Å². The summed E-state index contributed by atoms with van der Waals surface area (Å²) in [5.74, 6) is -0.575. The number of carboxylic acids is 1. The van der Waals surface area contributed by atoms with Crippen molar-refractivity contribution < 1.29 is 19.1 Å². The van der Waals surface area contributed by atoms with Crippen molar-refractivity contribution in [3.63, 3.8) is 0 Å². The molecular weight excluding hydrogens is 198 g/mol. The minimum absolute atomic E-state index is 0.0460. The second kappa shape index (κ2) is 3.66. The van der Waals surface area contributed by atoms with Gasteiger partial charge in [0.2, 0.25) is 11.7 Å². The Kier molecular flexibility index (Phi) is 2.48. The van der Waals surface area contributed by atoms with Crippen LogP contribution in [0.5, 0.6) is 0 Å². The highest BCUT2D eigenvalue weighted by atomic mass is 16.5. The number of ether oxygens (including phenoxy) is 1. The van der Waals surface area contributed by atoms with E-state index in [1.54, 1.807) is 6.92 Å². The van der Waals surface area contributed by atoms with Gasteiger partial charge in [0.15, 0.2) is 0 Å². The first-order chi connectivity index (χ1) is 7.09. The lowest BCUT2D eigenvalue weighted by Crippen LogP contribution is -2.09. The molecule has 2 unspecified atom stereocenters. The zero-order valence-electron chi connectivity index (χ0n) is 8.69. The average Bonchev–Trinajstić information content (AvgIpc) is 2.71. The highest BCUT2D eigenvalue weighted by Gasteiger charge is 2.31. The van der Waals surface area contributed by atoms with Gasteiger partial charge in [0.05, 0.1) is 17.7 Å². The summed E-state index contributed by atoms with van der Waals surface area (Å²) in [7, 11) is 0. The van der Waals surface area contributed by atoms with Gasteiger partial charge < -0.3 is 14.3 Å². The molecule has 2 atom stereocenters. The first kappa shape index (κ1) is 10.2. The molecule has 0 amide bonds. The van der Waals surface area contributed by atoms with E-state index in [0.29, 0.717) is 18.2 Å². The summed E-state index contributed by atoms with van der Waals surface area (Å²) in [5, 5.41) is 8.82. The molecule has 2 rings (SSSR count). The molecule has 2 heterocycles. The minimum atomic E-state index is -1.07. The van der Waals surface area contributed by atoms with Crippen molar-refractivity contribution in [2.75, 3.05) is 6.61 Å². The second-order valence-corrected chi connectivity index (χ2v) is 3.74. The van der Waals surface area contributed by atoms with E-state index in [1.165, 1.54) is 0 Å². The molecule has 0 aromatic carbocycles. The van der Waals surface area contributed by atoms with Gasteiger partial charge in [-0.3, -0.25) is 0 Å². The van der Waals surface area contributed by atoms with Crippen LogP contribution in [-0.4, -0.2) is 28.8 Å². The Balaban J connectivity index is 2.29. The number of carboxylic acid groups (broad SMARTS) is 1. The van der Waals surface area contributed by atoms with Crippen LogP contribution in [0.15, 0.2) is 4.42 Å². The number of hydrogen-bond acceptors (Lipinski definition) is 4. The summed E-state index contributed by atoms with van der Waals surface area (Å²) < 4.78 is 10.6. The Morgan fingerprint density at radius 1 is 1.60 bits per heavy atom. The lowest BCUT2D eigenvalue weighted by atomic mass is 10.0. The fraction of sp³-hybridized carbons (Fsp3) is 0.600. The second-order valence-electron chi connectivity index (χ2n) is 3.74. The highest BCUT2D eigenvalue weighted by molar-refractivity contribution is 5.85. The fourth-order valence-corrected chi connectivity index (χ4v) is 1.83. The Hall–Kier alpha value is -1.36. The molecule has 1 aliphatic rings. The quantitative estimate of drug-likeness (QED) is 0.803. The third-order valence-corrected chi connectivity index (χ3v) is 2.70. The van der Waals surface area contributed by atoms with Crippen molar-refractivity contribution in [3.8, 4) is 0 Å². The van der Waals surface area contributed by atoms with Crippen LogP contribution in [0.1, 0.15) is 41.4 Å². The van der Waals surface area contributed by atoms with E-state index in [9.17, 15) is 4.79 Å². The van der Waals surface area contributed by atoms with Crippen molar-refractivity contribution in [2.45, 2.75) is 32.3 Å². The molecule has 5 nitrogen and oxygen atoms in total. The average molecular weight is 211 g/mol. The summed E-state index contributed by atoms with van der Waals surface area (Å²) >= 11 is 0. The summed E-state index contributed by atoms with van der Waals surface area (Å²) in [4.78, 5) is 14.9. The van der Waals surface area contributed by atoms with Crippen LogP contribution in [0, 0.1) is 6.92 Å². The normalized spacial score (nSPS) is 25.7. The smallest absolute Gasteiger partial charge is 0.373 e. The lowest BCUT2D eigenvalue weighted by molar-refractivity contribution is 0.0655. The van der Waals surface area contributed by atoms with Crippen LogP contribution in [0.25, 0.3) is 0 Å². The molecule has 1 fully saturated rings. The molecule has 1 aromatic heterocycles. The number of aromatic nitrogens is 1. The summed E-state index contributed by atoms with van der Waals surface area (Å²) in [6.07, 6.45) is 0.880. The van der Waals surface area contributed by atoms with Crippen molar-refractivity contribution in [1.82, 2.24) is 4.98 Å². The van der Waals surface area contributed by atoms with Gasteiger partial charge in [0.1, 0.15) is 0 Å². The molecule has 82 valence electrons. The molecule has 1 aromatic rings. The molecule has 5 heteroatoms. The molecule has 1 N–H and O–H groups in total. The van der Waals surface area contributed by atoms with Gasteiger partial charge >= 0.3 is 5.97 Å². The van der Waals surface area contributed by atoms with Gasteiger partial charge in [-0.25, -0.2) is 9.78 Å². The summed E-state index contributed by atoms with van der Waals surface area (Å²) in [5.41, 5.74) is 0.427. The van der Waals surface area contributed by atoms with Crippen molar-refractivity contribution >= 4 is 5.97 Å². The zero-order valence-corrected chi connectivity index (χ0v) is 8.69. The fourth-order valence-electron chi connectivity index (χ4n) is 1.83. The third kappa shape index (κ3) is 1.74. The monoisotopic (exact) mass is 211 g/mol. The number of rotatable bonds is 2. The highest BCUT2D eigenvalue weighted by Crippen LogP contribution is 2.31. The topological polar surface area (TPSA) is 72.6 Å². The van der Waals surface area contributed by atoms with E-state index < -0.39 is 5.97 Å². The number of aryl methyl sites for hydroxylation is 1. The van der Waals surface area contributed by atoms with Crippen LogP contribution in [0.3, 0.4) is 0 Å². The molecule has 15 heavy (non-hydrogen) atoms. The van der Waals surface area contributed by atoms with Gasteiger partial charge in [-0.05, 0) is 20.3 Å². The van der Waals surface area contributed by atoms with E-state index >= 15 is 0 Å². The number of carbonyl (C=O) groups is 1. The van der Waals surface area contributed by atoms with Crippen molar-refractivity contribution in [3.05, 3.63) is 17.3 Å². The van der Waals surface area contributed by atoms with Crippen molar-refractivity contribution in [1.29, 1.82) is 0 Å². The molecule has 0 bridgehead atoms. The molecule has 0 aliphatic carbocycles. The standard InChI is InChI=1S/C10H13NO4/c1-5-8(10(12)13)15-9(11-5)7-3-4-14-6(7)2/h6-7H,3-4H2,1-2H3,(H,12,13). The Bertz CT molecular complexity index is 385. The largest absolute Gasteiger partial charge is 0.475 e. The molecule has 0 spiro atoms. The van der Waals surface area contributed by atoms with Gasteiger partial charge in [-0.1, -0.05) is 0 Å². The van der Waals surface area contributed by atoms with E-state index in [-0.39, 0.29) is 17.8 Å². The maximum Gasteiger partial charge on any atom is 0.373 e. The van der Waals surface area contributed by atoms with Crippen molar-refractivity contribution in [2.24, 2.45) is 0 Å². The number of aromatic carboxylic acids is 1. The first-order valence-electron chi connectivity index (χ1n) is 4.92. The first-order valence-corrected chi connectivity index (χ1v) is 4.92. The van der Waals surface area contributed by atoms with Crippen LogP contribution in [0.2, 0.25) is 0 Å².